The third kappa shape index (κ3) is 1.97. The van der Waals surface area contributed by atoms with Crippen molar-refractivity contribution in [1.29, 1.82) is 0 Å². The number of hydrogen-bond donors (Lipinski definition) is 1. The van der Waals surface area contributed by atoms with Crippen LogP contribution in [0.4, 0.5) is 9.59 Å². The van der Waals surface area contributed by atoms with E-state index in [2.05, 4.69) is 5.32 Å². The Morgan fingerprint density at radius 2 is 1.29 bits per heavy atom. The van der Waals surface area contributed by atoms with Gasteiger partial charge in [-0.3, -0.25) is 14.7 Å². The Bertz CT molecular complexity index is 925. The largest absolute Gasteiger partial charge is 0.324 e. The highest BCUT2D eigenvalue weighted by Crippen LogP contribution is 2.58. The van der Waals surface area contributed by atoms with Crippen LogP contribution in [0.5, 0.6) is 0 Å². The molecule has 0 unspecified atom stereocenters. The summed E-state index contributed by atoms with van der Waals surface area (Å²) in [6, 6.07) is 19.2. The number of nitrogens with one attached hydrogen (secondary N) is 1. The molecule has 28 heavy (non-hydrogen) atoms. The van der Waals surface area contributed by atoms with Crippen molar-refractivity contribution in [2.75, 3.05) is 14.1 Å². The number of hydrogen-bond acceptors (Lipinski definition) is 2. The van der Waals surface area contributed by atoms with Crippen molar-refractivity contribution in [2.24, 2.45) is 0 Å². The first-order valence-electron chi connectivity index (χ1n) is 9.44. The first kappa shape index (κ1) is 18.3. The van der Waals surface area contributed by atoms with Gasteiger partial charge in [-0.15, -0.1) is 0 Å². The van der Waals surface area contributed by atoms with Crippen LogP contribution >= 0.6 is 0 Å². The highest BCUT2D eigenvalue weighted by Gasteiger charge is 2.76. The van der Waals surface area contributed by atoms with Gasteiger partial charge in [0, 0.05) is 30.8 Å². The quantitative estimate of drug-likeness (QED) is 0.869. The molecule has 2 aromatic carbocycles. The van der Waals surface area contributed by atoms with Crippen LogP contribution < -0.4 is 5.32 Å². The van der Waals surface area contributed by atoms with Crippen LogP contribution in [0, 0.1) is 0 Å². The van der Waals surface area contributed by atoms with Crippen LogP contribution in [0.1, 0.15) is 31.9 Å². The molecular formula is C22H26N4O2. The monoisotopic (exact) mass is 378 g/mol. The number of urea groups is 2. The molecule has 0 saturated carbocycles. The molecule has 2 aliphatic rings. The second-order valence-corrected chi connectivity index (χ2v) is 8.45. The maximum Gasteiger partial charge on any atom is 0.324 e. The number of rotatable bonds is 2. The van der Waals surface area contributed by atoms with Crippen LogP contribution in [0.3, 0.4) is 0 Å². The van der Waals surface area contributed by atoms with Crippen molar-refractivity contribution in [3.8, 4) is 0 Å². The van der Waals surface area contributed by atoms with Crippen LogP contribution in [0.2, 0.25) is 0 Å². The predicted octanol–water partition coefficient (Wildman–Crippen LogP) is 3.51. The van der Waals surface area contributed by atoms with Crippen molar-refractivity contribution in [3.63, 3.8) is 0 Å². The van der Waals surface area contributed by atoms with Gasteiger partial charge in [-0.2, -0.15) is 0 Å². The Hall–Kier alpha value is -3.02. The van der Waals surface area contributed by atoms with E-state index in [0.717, 1.165) is 11.1 Å². The normalized spacial score (nSPS) is 27.2. The molecular weight excluding hydrogens is 352 g/mol. The third-order valence-corrected chi connectivity index (χ3v) is 5.92. The molecule has 6 heteroatoms. The average Bonchev–Trinajstić information content (AvgIpc) is 3.05. The van der Waals surface area contributed by atoms with Gasteiger partial charge in [-0.25, -0.2) is 9.59 Å². The number of nitrogens with zero attached hydrogens (tertiary/aromatic N) is 3. The molecule has 6 nitrogen and oxygen atoms in total. The van der Waals surface area contributed by atoms with E-state index in [4.69, 9.17) is 0 Å². The molecule has 2 heterocycles. The minimum absolute atomic E-state index is 0.151. The molecule has 0 bridgehead atoms. The van der Waals surface area contributed by atoms with Gasteiger partial charge in [0.15, 0.2) is 11.3 Å². The Kier molecular flexibility index (Phi) is 3.76. The van der Waals surface area contributed by atoms with Crippen LogP contribution in [-0.4, -0.2) is 46.4 Å². The van der Waals surface area contributed by atoms with E-state index in [0.29, 0.717) is 0 Å². The summed E-state index contributed by atoms with van der Waals surface area (Å²) >= 11 is 0. The molecule has 0 aliphatic carbocycles. The Balaban J connectivity index is 2.16. The fourth-order valence-corrected chi connectivity index (χ4v) is 4.96. The summed E-state index contributed by atoms with van der Waals surface area (Å²) in [4.78, 5) is 31.9. The van der Waals surface area contributed by atoms with E-state index in [9.17, 15) is 9.59 Å². The number of likely N-dealkylation sites (N-methyl/N-ethyl adjacent to an activating group) is 2. The smallest absolute Gasteiger partial charge is 0.307 e. The van der Waals surface area contributed by atoms with E-state index in [1.807, 2.05) is 86.3 Å². The van der Waals surface area contributed by atoms with Crippen molar-refractivity contribution in [2.45, 2.75) is 37.6 Å². The zero-order valence-electron chi connectivity index (χ0n) is 16.9. The Morgan fingerprint density at radius 1 is 0.786 bits per heavy atom. The van der Waals surface area contributed by atoms with E-state index < -0.39 is 16.9 Å². The minimum atomic E-state index is -1.06. The summed E-state index contributed by atoms with van der Waals surface area (Å²) in [5.41, 5.74) is -0.898. The Morgan fingerprint density at radius 3 is 1.79 bits per heavy atom. The fourth-order valence-electron chi connectivity index (χ4n) is 4.96. The topological polar surface area (TPSA) is 55.9 Å². The molecule has 2 fully saturated rings. The molecule has 1 N–H and O–H groups in total. The molecule has 2 aliphatic heterocycles. The molecule has 0 aromatic heterocycles. The van der Waals surface area contributed by atoms with E-state index >= 15 is 0 Å². The molecule has 0 radical (unpaired) electrons. The van der Waals surface area contributed by atoms with E-state index in [1.165, 1.54) is 0 Å². The highest BCUT2D eigenvalue weighted by atomic mass is 16.2. The zero-order valence-corrected chi connectivity index (χ0v) is 16.9. The Labute approximate surface area is 165 Å². The first-order chi connectivity index (χ1) is 13.2. The standard InChI is InChI=1S/C22H26N4O2/c1-20(2,3)26-18(27)23-21(16-12-8-6-9-13-16)22(26,17-14-10-7-11-15-17)25(5)19(28)24(21)4/h6-15H,1-5H3,(H,23,27)/t21-,22-/m1/s1. The van der Waals surface area contributed by atoms with Gasteiger partial charge in [-0.05, 0) is 20.8 Å². The summed E-state index contributed by atoms with van der Waals surface area (Å²) in [5.74, 6) is 0. The molecule has 0 spiro atoms. The summed E-state index contributed by atoms with van der Waals surface area (Å²) in [6.07, 6.45) is 0. The van der Waals surface area contributed by atoms with Gasteiger partial charge in [0.25, 0.3) is 0 Å². The van der Waals surface area contributed by atoms with Crippen molar-refractivity contribution in [3.05, 3.63) is 71.8 Å². The van der Waals surface area contributed by atoms with E-state index in [-0.39, 0.29) is 12.1 Å². The van der Waals surface area contributed by atoms with Crippen molar-refractivity contribution < 1.29 is 9.59 Å². The number of amides is 4. The molecule has 2 saturated heterocycles. The van der Waals surface area contributed by atoms with Gasteiger partial charge < -0.3 is 5.32 Å². The summed E-state index contributed by atoms with van der Waals surface area (Å²) in [6.45, 7) is 5.99. The SMILES string of the molecule is CN1C(=O)N(C)[C@@]2(c3ccccc3)NC(=O)N(C(C)(C)C)[C@@]12c1ccccc1. The lowest BCUT2D eigenvalue weighted by Gasteiger charge is -2.51. The summed E-state index contributed by atoms with van der Waals surface area (Å²) < 4.78 is 0. The van der Waals surface area contributed by atoms with Gasteiger partial charge in [0.1, 0.15) is 0 Å². The second kappa shape index (κ2) is 5.74. The number of benzene rings is 2. The maximum absolute atomic E-state index is 13.4. The molecule has 4 rings (SSSR count). The maximum atomic E-state index is 13.4. The molecule has 2 atom stereocenters. The third-order valence-electron chi connectivity index (χ3n) is 5.92. The fraction of sp³-hybridized carbons (Fsp3) is 0.364. The van der Waals surface area contributed by atoms with Crippen LogP contribution in [0.15, 0.2) is 60.7 Å². The second-order valence-electron chi connectivity index (χ2n) is 8.45. The highest BCUT2D eigenvalue weighted by molar-refractivity contribution is 5.89. The van der Waals surface area contributed by atoms with Gasteiger partial charge in [0.05, 0.1) is 0 Å². The lowest BCUT2D eigenvalue weighted by Crippen LogP contribution is -2.65. The van der Waals surface area contributed by atoms with Crippen LogP contribution in [0.25, 0.3) is 0 Å². The average molecular weight is 378 g/mol. The lowest BCUT2D eigenvalue weighted by molar-refractivity contribution is -0.0596. The number of carbonyl (C=O) groups is 2. The first-order valence-corrected chi connectivity index (χ1v) is 9.44. The van der Waals surface area contributed by atoms with E-state index in [1.54, 1.807) is 23.9 Å². The molecule has 4 amide bonds. The van der Waals surface area contributed by atoms with Gasteiger partial charge >= 0.3 is 12.1 Å². The van der Waals surface area contributed by atoms with Crippen molar-refractivity contribution >= 4 is 12.1 Å². The summed E-state index contributed by atoms with van der Waals surface area (Å²) in [7, 11) is 3.53. The number of carbonyl (C=O) groups excluding carboxylic acids is 2. The predicted molar refractivity (Wildman–Crippen MR) is 107 cm³/mol. The molecule has 2 aromatic rings. The van der Waals surface area contributed by atoms with Crippen molar-refractivity contribution in [1.82, 2.24) is 20.0 Å². The van der Waals surface area contributed by atoms with Gasteiger partial charge in [0.2, 0.25) is 0 Å². The zero-order chi connectivity index (χ0) is 20.3. The lowest BCUT2D eigenvalue weighted by atomic mass is 9.79. The minimum Gasteiger partial charge on any atom is -0.307 e. The molecule has 146 valence electrons. The number of fused-ring (bicyclic) bond motifs is 1. The van der Waals surface area contributed by atoms with Crippen LogP contribution in [-0.2, 0) is 11.3 Å². The van der Waals surface area contributed by atoms with Gasteiger partial charge in [-0.1, -0.05) is 60.7 Å². The summed E-state index contributed by atoms with van der Waals surface area (Å²) in [5, 5.41) is 3.20.